The van der Waals surface area contributed by atoms with Crippen molar-refractivity contribution >= 4 is 35.0 Å². The van der Waals surface area contributed by atoms with Crippen molar-refractivity contribution < 1.29 is 29.0 Å². The second-order valence-electron chi connectivity index (χ2n) is 6.74. The van der Waals surface area contributed by atoms with Gasteiger partial charge >= 0.3 is 17.9 Å². The molecule has 1 N–H and O–H groups in total. The van der Waals surface area contributed by atoms with Gasteiger partial charge in [0.05, 0.1) is 39.6 Å². The van der Waals surface area contributed by atoms with Gasteiger partial charge < -0.3 is 9.84 Å². The first kappa shape index (κ1) is 22.0. The summed E-state index contributed by atoms with van der Waals surface area (Å²) < 4.78 is 4.92. The van der Waals surface area contributed by atoms with E-state index < -0.39 is 23.7 Å². The first-order valence-corrected chi connectivity index (χ1v) is 10.0. The van der Waals surface area contributed by atoms with Crippen molar-refractivity contribution in [2.45, 2.75) is 27.2 Å². The molecule has 0 radical (unpaired) electrons. The van der Waals surface area contributed by atoms with Gasteiger partial charge in [0.25, 0.3) is 5.78 Å². The van der Waals surface area contributed by atoms with E-state index in [-0.39, 0.29) is 16.9 Å². The van der Waals surface area contributed by atoms with Crippen LogP contribution in [0.4, 0.5) is 0 Å². The Morgan fingerprint density at radius 3 is 2.19 bits per heavy atom. The molecule has 1 aromatic carbocycles. The van der Waals surface area contributed by atoms with Crippen LogP contribution in [-0.2, 0) is 20.7 Å². The summed E-state index contributed by atoms with van der Waals surface area (Å²) in [7, 11) is 0. The smallest absolute Gasteiger partial charge is 0.378 e. The molecular weight excluding hydrogens is 420 g/mol. The number of aromatic nitrogens is 2. The monoisotopic (exact) mass is 438 g/mol. The van der Waals surface area contributed by atoms with Gasteiger partial charge in [-0.15, -0.1) is 11.3 Å². The second-order valence-corrected chi connectivity index (χ2v) is 7.82. The number of nitrogens with zero attached hydrogens (tertiary/aromatic N) is 2. The zero-order valence-electron chi connectivity index (χ0n) is 17.0. The summed E-state index contributed by atoms with van der Waals surface area (Å²) in [4.78, 5) is 56.2. The number of carbonyl (C=O) groups is 4. The molecule has 0 unspecified atom stereocenters. The van der Waals surface area contributed by atoms with Crippen molar-refractivity contribution in [2.75, 3.05) is 0 Å². The maximum absolute atomic E-state index is 12.3. The number of aliphatic carboxylic acids is 1. The molecule has 31 heavy (non-hydrogen) atoms. The quantitative estimate of drug-likeness (QED) is 0.269. The highest BCUT2D eigenvalue weighted by Crippen LogP contribution is 2.28. The number of ketones is 1. The standard InChI is InChI=1S/C22H18N2O6S/c1-11-12(2)24-16(13(3)23-11)10-19(25)30-22(29)15-6-4-14(5-7-15)17-8-9-18(31-17)20(26)21(27)28/h4-9H,10H2,1-3H3,(H,27,28). The molecule has 0 saturated heterocycles. The maximum atomic E-state index is 12.3. The number of ether oxygens (including phenoxy) is 1. The van der Waals surface area contributed by atoms with Crippen LogP contribution in [-0.4, -0.2) is 38.8 Å². The largest absolute Gasteiger partial charge is 0.475 e. The van der Waals surface area contributed by atoms with Crippen molar-refractivity contribution in [3.8, 4) is 10.4 Å². The average Bonchev–Trinajstić information content (AvgIpc) is 3.21. The molecule has 0 spiro atoms. The van der Waals surface area contributed by atoms with E-state index >= 15 is 0 Å². The third kappa shape index (κ3) is 5.07. The fourth-order valence-corrected chi connectivity index (χ4v) is 3.70. The van der Waals surface area contributed by atoms with E-state index in [1.165, 1.54) is 18.2 Å². The Hall–Kier alpha value is -3.72. The summed E-state index contributed by atoms with van der Waals surface area (Å²) in [5.74, 6) is -4.01. The predicted octanol–water partition coefficient (Wildman–Crippen LogP) is 3.32. The van der Waals surface area contributed by atoms with Gasteiger partial charge in [-0.3, -0.25) is 19.6 Å². The van der Waals surface area contributed by atoms with Crippen LogP contribution in [0.25, 0.3) is 10.4 Å². The minimum atomic E-state index is -1.52. The molecule has 0 saturated carbocycles. The van der Waals surface area contributed by atoms with Crippen molar-refractivity contribution in [3.63, 3.8) is 0 Å². The summed E-state index contributed by atoms with van der Waals surface area (Å²) in [5.41, 5.74) is 3.42. The number of carboxylic acids is 1. The minimum Gasteiger partial charge on any atom is -0.475 e. The zero-order chi connectivity index (χ0) is 22.7. The Morgan fingerprint density at radius 1 is 0.903 bits per heavy atom. The summed E-state index contributed by atoms with van der Waals surface area (Å²) in [5, 5.41) is 8.79. The first-order valence-electron chi connectivity index (χ1n) is 9.19. The van der Waals surface area contributed by atoms with Gasteiger partial charge in [-0.05, 0) is 50.6 Å². The Kier molecular flexibility index (Phi) is 6.36. The molecule has 9 heteroatoms. The molecule has 0 aliphatic rings. The minimum absolute atomic E-state index is 0.112. The van der Waals surface area contributed by atoms with Gasteiger partial charge in [0, 0.05) is 4.88 Å². The summed E-state index contributed by atoms with van der Waals surface area (Å²) in [6.45, 7) is 5.35. The molecular formula is C22H18N2O6S. The topological polar surface area (TPSA) is 124 Å². The number of hydrogen-bond donors (Lipinski definition) is 1. The van der Waals surface area contributed by atoms with Gasteiger partial charge in [0.15, 0.2) is 0 Å². The van der Waals surface area contributed by atoms with E-state index in [4.69, 9.17) is 9.84 Å². The Labute approximate surface area is 181 Å². The fraction of sp³-hybridized carbons (Fsp3) is 0.182. The lowest BCUT2D eigenvalue weighted by atomic mass is 10.1. The summed E-state index contributed by atoms with van der Waals surface area (Å²) in [6.07, 6.45) is -0.167. The van der Waals surface area contributed by atoms with Gasteiger partial charge in [-0.25, -0.2) is 9.59 Å². The number of Topliss-reactive ketones (excluding diaryl/α,β-unsaturated/α-hetero) is 1. The summed E-state index contributed by atoms with van der Waals surface area (Å²) >= 11 is 1.04. The van der Waals surface area contributed by atoms with E-state index in [1.807, 2.05) is 6.92 Å². The molecule has 2 aromatic heterocycles. The fourth-order valence-electron chi connectivity index (χ4n) is 2.75. The van der Waals surface area contributed by atoms with Crippen LogP contribution in [0.5, 0.6) is 0 Å². The van der Waals surface area contributed by atoms with Crippen LogP contribution in [0.1, 0.15) is 42.8 Å². The second kappa shape index (κ2) is 8.97. The SMILES string of the molecule is Cc1nc(C)c(CC(=O)OC(=O)c2ccc(-c3ccc(C(=O)C(=O)O)s3)cc2)nc1C. The van der Waals surface area contributed by atoms with E-state index in [9.17, 15) is 19.2 Å². The van der Waals surface area contributed by atoms with Crippen molar-refractivity contribution in [1.29, 1.82) is 0 Å². The predicted molar refractivity (Wildman–Crippen MR) is 112 cm³/mol. The molecule has 0 amide bonds. The van der Waals surface area contributed by atoms with Crippen LogP contribution in [0.2, 0.25) is 0 Å². The van der Waals surface area contributed by atoms with E-state index in [0.29, 0.717) is 27.5 Å². The van der Waals surface area contributed by atoms with Gasteiger partial charge in [0.2, 0.25) is 0 Å². The molecule has 0 atom stereocenters. The first-order chi connectivity index (χ1) is 14.7. The number of carboxylic acid groups (broad SMARTS) is 1. The molecule has 0 bridgehead atoms. The number of rotatable bonds is 6. The maximum Gasteiger partial charge on any atom is 0.378 e. The lowest BCUT2D eigenvalue weighted by Gasteiger charge is -2.08. The number of esters is 2. The Balaban J connectivity index is 1.67. The number of hydrogen-bond acceptors (Lipinski definition) is 8. The molecule has 0 fully saturated rings. The van der Waals surface area contributed by atoms with Gasteiger partial charge in [-0.1, -0.05) is 12.1 Å². The third-order valence-electron chi connectivity index (χ3n) is 4.53. The molecule has 0 aliphatic heterocycles. The Morgan fingerprint density at radius 2 is 1.55 bits per heavy atom. The molecule has 8 nitrogen and oxygen atoms in total. The molecule has 3 aromatic rings. The third-order valence-corrected chi connectivity index (χ3v) is 5.66. The number of aryl methyl sites for hydroxylation is 3. The van der Waals surface area contributed by atoms with Crippen LogP contribution in [0.15, 0.2) is 36.4 Å². The number of thiophene rings is 1. The van der Waals surface area contributed by atoms with Crippen LogP contribution in [0, 0.1) is 20.8 Å². The number of carbonyl (C=O) groups excluding carboxylic acids is 3. The van der Waals surface area contributed by atoms with Crippen molar-refractivity contribution in [1.82, 2.24) is 9.97 Å². The molecule has 0 aliphatic carbocycles. The highest BCUT2D eigenvalue weighted by Gasteiger charge is 2.19. The van der Waals surface area contributed by atoms with Crippen LogP contribution >= 0.6 is 11.3 Å². The highest BCUT2D eigenvalue weighted by atomic mass is 32.1. The summed E-state index contributed by atoms with van der Waals surface area (Å²) in [6, 6.07) is 9.30. The van der Waals surface area contributed by atoms with E-state index in [0.717, 1.165) is 17.0 Å². The lowest BCUT2D eigenvalue weighted by molar-refractivity contribution is -0.137. The zero-order valence-corrected chi connectivity index (χ0v) is 17.8. The van der Waals surface area contributed by atoms with Crippen molar-refractivity contribution in [3.05, 3.63) is 69.6 Å². The molecule has 158 valence electrons. The Bertz CT molecular complexity index is 1200. The average molecular weight is 438 g/mol. The van der Waals surface area contributed by atoms with Gasteiger partial charge in [0.1, 0.15) is 0 Å². The lowest BCUT2D eigenvalue weighted by Crippen LogP contribution is -2.16. The van der Waals surface area contributed by atoms with Crippen molar-refractivity contribution in [2.24, 2.45) is 0 Å². The number of benzene rings is 1. The molecule has 2 heterocycles. The van der Waals surface area contributed by atoms with Gasteiger partial charge in [-0.2, -0.15) is 0 Å². The van der Waals surface area contributed by atoms with E-state index in [2.05, 4.69) is 9.97 Å². The highest BCUT2D eigenvalue weighted by molar-refractivity contribution is 7.18. The molecule has 3 rings (SSSR count). The van der Waals surface area contributed by atoms with Crippen LogP contribution < -0.4 is 0 Å². The van der Waals surface area contributed by atoms with Crippen LogP contribution in [0.3, 0.4) is 0 Å². The normalized spacial score (nSPS) is 10.5. The van der Waals surface area contributed by atoms with E-state index in [1.54, 1.807) is 32.0 Å².